The summed E-state index contributed by atoms with van der Waals surface area (Å²) in [5.74, 6) is 0.0974. The van der Waals surface area contributed by atoms with E-state index in [0.29, 0.717) is 10.2 Å². The van der Waals surface area contributed by atoms with Crippen LogP contribution in [-0.2, 0) is 4.79 Å². The lowest BCUT2D eigenvalue weighted by Gasteiger charge is -2.05. The maximum atomic E-state index is 10.8. The number of tetrazole rings is 1. The number of carbonyl (C=O) groups is 1. The molecule has 0 radical (unpaired) electrons. The van der Waals surface area contributed by atoms with E-state index >= 15 is 0 Å². The first kappa shape index (κ1) is 10.7. The van der Waals surface area contributed by atoms with Crippen LogP contribution in [-0.4, -0.2) is 26.2 Å². The van der Waals surface area contributed by atoms with Crippen molar-refractivity contribution in [2.24, 2.45) is 0 Å². The summed E-state index contributed by atoms with van der Waals surface area (Å²) in [5.41, 5.74) is 0.771. The van der Waals surface area contributed by atoms with Crippen LogP contribution in [0.1, 0.15) is 6.92 Å². The highest BCUT2D eigenvalue weighted by Gasteiger charge is 2.06. The number of nitrogens with zero attached hydrogens (tertiary/aromatic N) is 4. The summed E-state index contributed by atoms with van der Waals surface area (Å²) in [6.45, 7) is 1.35. The van der Waals surface area contributed by atoms with Gasteiger partial charge in [0, 0.05) is 6.92 Å². The fourth-order valence-electron chi connectivity index (χ4n) is 1.15. The minimum absolute atomic E-state index is 0.365. The molecule has 0 spiro atoms. The number of hydrogen-bond donors (Lipinski definition) is 0. The van der Waals surface area contributed by atoms with Gasteiger partial charge in [0.2, 0.25) is 0 Å². The summed E-state index contributed by atoms with van der Waals surface area (Å²) >= 11 is 3.30. The van der Waals surface area contributed by atoms with Crippen LogP contribution >= 0.6 is 15.9 Å². The Morgan fingerprint density at radius 2 is 2.31 bits per heavy atom. The quantitative estimate of drug-likeness (QED) is 0.614. The first-order chi connectivity index (χ1) is 7.66. The number of carbonyl (C=O) groups excluding carboxylic acids is 1. The standard InChI is InChI=1S/C9H7BrN4O2/c1-6(15)16-9-3-2-7(4-8(9)10)14-5-11-12-13-14/h2-5H,1H3. The highest BCUT2D eigenvalue weighted by molar-refractivity contribution is 9.10. The Balaban J connectivity index is 2.33. The van der Waals surface area contributed by atoms with Crippen LogP contribution in [0.15, 0.2) is 29.0 Å². The van der Waals surface area contributed by atoms with Crippen molar-refractivity contribution in [1.82, 2.24) is 20.2 Å². The highest BCUT2D eigenvalue weighted by Crippen LogP contribution is 2.27. The lowest BCUT2D eigenvalue weighted by Crippen LogP contribution is -2.02. The van der Waals surface area contributed by atoms with Crippen LogP contribution in [0.25, 0.3) is 5.69 Å². The second-order valence-electron chi connectivity index (χ2n) is 2.96. The number of halogens is 1. The largest absolute Gasteiger partial charge is 0.426 e. The van der Waals surface area contributed by atoms with Crippen LogP contribution in [0.3, 0.4) is 0 Å². The van der Waals surface area contributed by atoms with Crippen molar-refractivity contribution in [3.63, 3.8) is 0 Å². The third-order valence-electron chi connectivity index (χ3n) is 1.78. The van der Waals surface area contributed by atoms with Crippen LogP contribution < -0.4 is 4.74 Å². The molecule has 0 amide bonds. The monoisotopic (exact) mass is 282 g/mol. The Hall–Kier alpha value is -1.76. The minimum atomic E-state index is -0.365. The van der Waals surface area contributed by atoms with Gasteiger partial charge < -0.3 is 4.74 Å². The van der Waals surface area contributed by atoms with Crippen LogP contribution in [0, 0.1) is 0 Å². The molecule has 0 bridgehead atoms. The highest BCUT2D eigenvalue weighted by atomic mass is 79.9. The molecule has 1 heterocycles. The smallest absolute Gasteiger partial charge is 0.308 e. The first-order valence-electron chi connectivity index (χ1n) is 4.38. The third-order valence-corrected chi connectivity index (χ3v) is 2.40. The molecule has 82 valence electrons. The molecule has 0 saturated carbocycles. The van der Waals surface area contributed by atoms with Gasteiger partial charge in [-0.15, -0.1) is 5.10 Å². The molecule has 0 aliphatic heterocycles. The van der Waals surface area contributed by atoms with E-state index in [9.17, 15) is 4.79 Å². The van der Waals surface area contributed by atoms with Crippen molar-refractivity contribution >= 4 is 21.9 Å². The van der Waals surface area contributed by atoms with E-state index < -0.39 is 0 Å². The summed E-state index contributed by atoms with van der Waals surface area (Å²) in [6.07, 6.45) is 1.48. The van der Waals surface area contributed by atoms with Crippen molar-refractivity contribution in [2.75, 3.05) is 0 Å². The van der Waals surface area contributed by atoms with Crippen LogP contribution in [0.5, 0.6) is 5.75 Å². The van der Waals surface area contributed by atoms with Gasteiger partial charge >= 0.3 is 5.97 Å². The normalized spacial score (nSPS) is 10.1. The van der Waals surface area contributed by atoms with Crippen molar-refractivity contribution < 1.29 is 9.53 Å². The van der Waals surface area contributed by atoms with Crippen molar-refractivity contribution in [1.29, 1.82) is 0 Å². The number of hydrogen-bond acceptors (Lipinski definition) is 5. The maximum absolute atomic E-state index is 10.8. The molecule has 0 aliphatic carbocycles. The number of rotatable bonds is 2. The van der Waals surface area contributed by atoms with Gasteiger partial charge in [-0.3, -0.25) is 4.79 Å². The lowest BCUT2D eigenvalue weighted by molar-refractivity contribution is -0.131. The second-order valence-corrected chi connectivity index (χ2v) is 3.82. The summed E-state index contributed by atoms with van der Waals surface area (Å²) in [6, 6.07) is 5.18. The Labute approximate surface area is 99.3 Å². The average molecular weight is 283 g/mol. The molecule has 0 saturated heterocycles. The molecular weight excluding hydrogens is 276 g/mol. The van der Waals surface area contributed by atoms with Gasteiger partial charge in [0.1, 0.15) is 12.1 Å². The zero-order chi connectivity index (χ0) is 11.5. The summed E-state index contributed by atoms with van der Waals surface area (Å²) in [7, 11) is 0. The number of benzene rings is 1. The van der Waals surface area contributed by atoms with Gasteiger partial charge in [-0.2, -0.15) is 0 Å². The number of aromatic nitrogens is 4. The molecular formula is C9H7BrN4O2. The van der Waals surface area contributed by atoms with Gasteiger partial charge in [-0.1, -0.05) is 0 Å². The molecule has 1 aromatic carbocycles. The Morgan fingerprint density at radius 3 is 2.88 bits per heavy atom. The van der Waals surface area contributed by atoms with E-state index in [1.807, 2.05) is 0 Å². The van der Waals surface area contributed by atoms with Crippen molar-refractivity contribution in [3.8, 4) is 11.4 Å². The molecule has 0 atom stereocenters. The van der Waals surface area contributed by atoms with Crippen molar-refractivity contribution in [3.05, 3.63) is 29.0 Å². The predicted molar refractivity (Wildman–Crippen MR) is 58.2 cm³/mol. The molecule has 6 nitrogen and oxygen atoms in total. The van der Waals surface area contributed by atoms with Crippen LogP contribution in [0.4, 0.5) is 0 Å². The van der Waals surface area contributed by atoms with Gasteiger partial charge in [0.25, 0.3) is 0 Å². The topological polar surface area (TPSA) is 69.9 Å². The fraction of sp³-hybridized carbons (Fsp3) is 0.111. The molecule has 2 aromatic rings. The molecule has 0 unspecified atom stereocenters. The molecule has 0 N–H and O–H groups in total. The predicted octanol–water partition coefficient (Wildman–Crippen LogP) is 1.35. The minimum Gasteiger partial charge on any atom is -0.426 e. The molecule has 0 fully saturated rings. The van der Waals surface area contributed by atoms with E-state index in [1.165, 1.54) is 17.9 Å². The second kappa shape index (κ2) is 4.40. The molecule has 1 aromatic heterocycles. The van der Waals surface area contributed by atoms with E-state index in [2.05, 4.69) is 31.5 Å². The van der Waals surface area contributed by atoms with Gasteiger partial charge in [0.15, 0.2) is 0 Å². The van der Waals surface area contributed by atoms with E-state index in [1.54, 1.807) is 18.2 Å². The van der Waals surface area contributed by atoms with Gasteiger partial charge in [-0.05, 0) is 44.6 Å². The number of esters is 1. The first-order valence-corrected chi connectivity index (χ1v) is 5.17. The average Bonchev–Trinajstić information content (AvgIpc) is 2.73. The zero-order valence-electron chi connectivity index (χ0n) is 8.29. The maximum Gasteiger partial charge on any atom is 0.308 e. The lowest BCUT2D eigenvalue weighted by atomic mass is 10.3. The molecule has 0 aliphatic rings. The van der Waals surface area contributed by atoms with Crippen LogP contribution in [0.2, 0.25) is 0 Å². The van der Waals surface area contributed by atoms with E-state index in [-0.39, 0.29) is 5.97 Å². The molecule has 16 heavy (non-hydrogen) atoms. The van der Waals surface area contributed by atoms with Crippen molar-refractivity contribution in [2.45, 2.75) is 6.92 Å². The Bertz CT molecular complexity index is 512. The van der Waals surface area contributed by atoms with Gasteiger partial charge in [-0.25, -0.2) is 4.68 Å². The van der Waals surface area contributed by atoms with E-state index in [4.69, 9.17) is 4.74 Å². The fourth-order valence-corrected chi connectivity index (χ4v) is 1.60. The zero-order valence-corrected chi connectivity index (χ0v) is 9.88. The summed E-state index contributed by atoms with van der Waals surface area (Å²) in [5, 5.41) is 10.8. The summed E-state index contributed by atoms with van der Waals surface area (Å²) < 4.78 is 7.14. The number of ether oxygens (including phenoxy) is 1. The molecule has 2 rings (SSSR count). The Kier molecular flexibility index (Phi) is 2.95. The van der Waals surface area contributed by atoms with E-state index in [0.717, 1.165) is 5.69 Å². The Morgan fingerprint density at radius 1 is 1.50 bits per heavy atom. The third kappa shape index (κ3) is 2.25. The SMILES string of the molecule is CC(=O)Oc1ccc(-n2cnnn2)cc1Br. The van der Waals surface area contributed by atoms with Gasteiger partial charge in [0.05, 0.1) is 10.2 Å². The summed E-state index contributed by atoms with van der Waals surface area (Å²) in [4.78, 5) is 10.8. The molecule has 7 heteroatoms.